The number of amides is 1. The maximum atomic E-state index is 12.3. The van der Waals surface area contributed by atoms with Crippen LogP contribution in [-0.4, -0.2) is 29.2 Å². The lowest BCUT2D eigenvalue weighted by Gasteiger charge is -2.31. The second-order valence-corrected chi connectivity index (χ2v) is 8.15. The third-order valence-corrected chi connectivity index (χ3v) is 4.22. The maximum absolute atomic E-state index is 12.3. The molecule has 136 valence electrons. The monoisotopic (exact) mass is 334 g/mol. The predicted molar refractivity (Wildman–Crippen MR) is 99.6 cm³/mol. The van der Waals surface area contributed by atoms with E-state index in [0.29, 0.717) is 12.3 Å². The Labute approximate surface area is 146 Å². The number of hydrogen-bond donors (Lipinski definition) is 3. The quantitative estimate of drug-likeness (QED) is 0.684. The molecule has 0 radical (unpaired) electrons. The first-order chi connectivity index (χ1) is 11.1. The summed E-state index contributed by atoms with van der Waals surface area (Å²) in [6.07, 6.45) is 1.48. The van der Waals surface area contributed by atoms with Crippen molar-refractivity contribution < 1.29 is 9.90 Å². The molecule has 1 amide bonds. The first-order valence-electron chi connectivity index (χ1n) is 8.89. The number of carbonyl (C=O) groups excluding carboxylic acids is 1. The van der Waals surface area contributed by atoms with Crippen LogP contribution in [0.1, 0.15) is 53.0 Å². The lowest BCUT2D eigenvalue weighted by molar-refractivity contribution is -0.130. The van der Waals surface area contributed by atoms with Crippen LogP contribution in [0.5, 0.6) is 0 Å². The van der Waals surface area contributed by atoms with E-state index in [2.05, 4.69) is 19.2 Å². The SMILES string of the molecule is CC(C)CCC(NC(=O)C(C)(C)C)C(O)C(N)Cc1ccccc1. The lowest BCUT2D eigenvalue weighted by Crippen LogP contribution is -2.54. The van der Waals surface area contributed by atoms with E-state index < -0.39 is 17.6 Å². The van der Waals surface area contributed by atoms with Gasteiger partial charge in [0.1, 0.15) is 0 Å². The van der Waals surface area contributed by atoms with E-state index in [-0.39, 0.29) is 11.9 Å². The number of carbonyl (C=O) groups is 1. The summed E-state index contributed by atoms with van der Waals surface area (Å²) in [7, 11) is 0. The van der Waals surface area contributed by atoms with Crippen LogP contribution < -0.4 is 11.1 Å². The fraction of sp³-hybridized carbons (Fsp3) is 0.650. The smallest absolute Gasteiger partial charge is 0.225 e. The van der Waals surface area contributed by atoms with Gasteiger partial charge < -0.3 is 16.2 Å². The number of nitrogens with one attached hydrogen (secondary N) is 1. The molecule has 0 heterocycles. The minimum absolute atomic E-state index is 0.0535. The van der Waals surface area contributed by atoms with E-state index >= 15 is 0 Å². The van der Waals surface area contributed by atoms with E-state index in [9.17, 15) is 9.90 Å². The van der Waals surface area contributed by atoms with E-state index in [1.54, 1.807) is 0 Å². The van der Waals surface area contributed by atoms with Gasteiger partial charge in [0.15, 0.2) is 0 Å². The third-order valence-electron chi connectivity index (χ3n) is 4.22. The maximum Gasteiger partial charge on any atom is 0.225 e. The molecule has 3 atom stereocenters. The van der Waals surface area contributed by atoms with Gasteiger partial charge in [-0.05, 0) is 30.7 Å². The number of nitrogens with two attached hydrogens (primary N) is 1. The molecule has 1 rings (SSSR count). The minimum atomic E-state index is -0.768. The van der Waals surface area contributed by atoms with Gasteiger partial charge in [0.25, 0.3) is 0 Å². The van der Waals surface area contributed by atoms with Gasteiger partial charge in [-0.1, -0.05) is 65.0 Å². The molecular weight excluding hydrogens is 300 g/mol. The largest absolute Gasteiger partial charge is 0.389 e. The van der Waals surface area contributed by atoms with Gasteiger partial charge >= 0.3 is 0 Å². The normalized spacial score (nSPS) is 15.8. The van der Waals surface area contributed by atoms with Crippen molar-refractivity contribution in [2.24, 2.45) is 17.1 Å². The number of hydrogen-bond acceptors (Lipinski definition) is 3. The Balaban J connectivity index is 2.77. The molecule has 0 aliphatic rings. The third kappa shape index (κ3) is 7.02. The number of aliphatic hydroxyl groups is 1. The highest BCUT2D eigenvalue weighted by Crippen LogP contribution is 2.18. The lowest BCUT2D eigenvalue weighted by atomic mass is 9.90. The van der Waals surface area contributed by atoms with Crippen LogP contribution in [-0.2, 0) is 11.2 Å². The van der Waals surface area contributed by atoms with Crippen LogP contribution in [0.2, 0.25) is 0 Å². The fourth-order valence-electron chi connectivity index (χ4n) is 2.53. The molecule has 0 saturated heterocycles. The number of rotatable bonds is 8. The van der Waals surface area contributed by atoms with Crippen molar-refractivity contribution in [3.63, 3.8) is 0 Å². The van der Waals surface area contributed by atoms with Gasteiger partial charge in [0.2, 0.25) is 5.91 Å². The minimum Gasteiger partial charge on any atom is -0.389 e. The zero-order valence-electron chi connectivity index (χ0n) is 15.8. The standard InChI is InChI=1S/C20H34N2O2/c1-14(2)11-12-17(22-19(24)20(3,4)5)18(23)16(21)13-15-9-7-6-8-10-15/h6-10,14,16-18,23H,11-13,21H2,1-5H3,(H,22,24). The topological polar surface area (TPSA) is 75.3 Å². The van der Waals surface area contributed by atoms with Crippen molar-refractivity contribution in [3.05, 3.63) is 35.9 Å². The Bertz CT molecular complexity index is 494. The van der Waals surface area contributed by atoms with Crippen LogP contribution in [0.3, 0.4) is 0 Å². The molecule has 0 bridgehead atoms. The van der Waals surface area contributed by atoms with Gasteiger partial charge in [-0.25, -0.2) is 0 Å². The number of benzene rings is 1. The molecule has 0 fully saturated rings. The van der Waals surface area contributed by atoms with E-state index in [0.717, 1.165) is 18.4 Å². The second kappa shape index (κ2) is 9.19. The van der Waals surface area contributed by atoms with Crippen LogP contribution in [0.4, 0.5) is 0 Å². The van der Waals surface area contributed by atoms with Gasteiger partial charge in [-0.2, -0.15) is 0 Å². The summed E-state index contributed by atoms with van der Waals surface area (Å²) < 4.78 is 0. The van der Waals surface area contributed by atoms with Crippen LogP contribution in [0, 0.1) is 11.3 Å². The zero-order valence-corrected chi connectivity index (χ0v) is 15.8. The Morgan fingerprint density at radius 3 is 2.25 bits per heavy atom. The van der Waals surface area contributed by atoms with Crippen molar-refractivity contribution in [1.29, 1.82) is 0 Å². The molecule has 3 unspecified atom stereocenters. The average Bonchev–Trinajstić information content (AvgIpc) is 2.50. The molecule has 4 heteroatoms. The average molecular weight is 335 g/mol. The van der Waals surface area contributed by atoms with Gasteiger partial charge in [-0.15, -0.1) is 0 Å². The second-order valence-electron chi connectivity index (χ2n) is 8.15. The first-order valence-corrected chi connectivity index (χ1v) is 8.89. The Morgan fingerprint density at radius 2 is 1.75 bits per heavy atom. The summed E-state index contributed by atoms with van der Waals surface area (Å²) in [6.45, 7) is 9.90. The van der Waals surface area contributed by atoms with Gasteiger partial charge in [-0.3, -0.25) is 4.79 Å². The molecule has 0 aliphatic heterocycles. The van der Waals surface area contributed by atoms with Gasteiger partial charge in [0.05, 0.1) is 12.1 Å². The highest BCUT2D eigenvalue weighted by molar-refractivity contribution is 5.81. The first kappa shape index (κ1) is 20.7. The Hall–Kier alpha value is -1.39. The summed E-state index contributed by atoms with van der Waals surface area (Å²) in [4.78, 5) is 12.3. The van der Waals surface area contributed by atoms with Crippen molar-refractivity contribution in [3.8, 4) is 0 Å². The molecule has 0 aliphatic carbocycles. The molecule has 4 N–H and O–H groups in total. The summed E-state index contributed by atoms with van der Waals surface area (Å²) in [5, 5.41) is 13.7. The summed E-state index contributed by atoms with van der Waals surface area (Å²) >= 11 is 0. The molecule has 0 spiro atoms. The fourth-order valence-corrected chi connectivity index (χ4v) is 2.53. The van der Waals surface area contributed by atoms with Crippen LogP contribution in [0.25, 0.3) is 0 Å². The van der Waals surface area contributed by atoms with Crippen LogP contribution >= 0.6 is 0 Å². The van der Waals surface area contributed by atoms with Crippen LogP contribution in [0.15, 0.2) is 30.3 Å². The molecule has 4 nitrogen and oxygen atoms in total. The number of aliphatic hydroxyl groups excluding tert-OH is 1. The van der Waals surface area contributed by atoms with E-state index in [4.69, 9.17) is 5.73 Å². The van der Waals surface area contributed by atoms with Gasteiger partial charge in [0, 0.05) is 11.5 Å². The van der Waals surface area contributed by atoms with Crippen molar-refractivity contribution in [2.45, 2.75) is 72.1 Å². The molecular formula is C20H34N2O2. The summed E-state index contributed by atoms with van der Waals surface area (Å²) in [5.41, 5.74) is 6.84. The van der Waals surface area contributed by atoms with Crippen molar-refractivity contribution in [1.82, 2.24) is 5.32 Å². The molecule has 1 aromatic carbocycles. The van der Waals surface area contributed by atoms with Crippen molar-refractivity contribution >= 4 is 5.91 Å². The molecule has 24 heavy (non-hydrogen) atoms. The van der Waals surface area contributed by atoms with E-state index in [1.807, 2.05) is 51.1 Å². The highest BCUT2D eigenvalue weighted by Gasteiger charge is 2.30. The summed E-state index contributed by atoms with van der Waals surface area (Å²) in [5.74, 6) is 0.457. The molecule has 0 aromatic heterocycles. The predicted octanol–water partition coefficient (Wildman–Crippen LogP) is 2.88. The molecule has 1 aromatic rings. The Morgan fingerprint density at radius 1 is 1.17 bits per heavy atom. The highest BCUT2D eigenvalue weighted by atomic mass is 16.3. The van der Waals surface area contributed by atoms with E-state index in [1.165, 1.54) is 0 Å². The Kier molecular flexibility index (Phi) is 7.91. The summed E-state index contributed by atoms with van der Waals surface area (Å²) in [6, 6.07) is 9.16. The van der Waals surface area contributed by atoms with Crippen molar-refractivity contribution in [2.75, 3.05) is 0 Å². The zero-order chi connectivity index (χ0) is 18.3. The molecule has 0 saturated carbocycles.